The van der Waals surface area contributed by atoms with Gasteiger partial charge in [-0.2, -0.15) is 0 Å². The number of anilines is 1. The number of halogens is 1. The number of amides is 4. The van der Waals surface area contributed by atoms with Gasteiger partial charge in [-0.25, -0.2) is 9.69 Å². The molecule has 4 aromatic carbocycles. The summed E-state index contributed by atoms with van der Waals surface area (Å²) in [6.07, 6.45) is 1.44. The van der Waals surface area contributed by atoms with Gasteiger partial charge < -0.3 is 9.47 Å². The van der Waals surface area contributed by atoms with E-state index in [2.05, 4.69) is 39.4 Å². The van der Waals surface area contributed by atoms with E-state index in [4.69, 9.17) is 9.47 Å². The molecule has 1 aliphatic heterocycles. The highest BCUT2D eigenvalue weighted by Crippen LogP contribution is 2.32. The van der Waals surface area contributed by atoms with Crippen molar-refractivity contribution in [3.63, 3.8) is 0 Å². The minimum Gasteiger partial charge on any atom is -0.497 e. The molecule has 0 saturated carbocycles. The van der Waals surface area contributed by atoms with Crippen molar-refractivity contribution in [3.05, 3.63) is 105 Å². The number of rotatable bonds is 6. The van der Waals surface area contributed by atoms with Crippen molar-refractivity contribution in [2.24, 2.45) is 0 Å². The molecule has 7 nitrogen and oxygen atoms in total. The summed E-state index contributed by atoms with van der Waals surface area (Å²) in [5.74, 6) is -0.514. The number of ether oxygens (including phenoxy) is 2. The van der Waals surface area contributed by atoms with Crippen molar-refractivity contribution in [1.29, 1.82) is 0 Å². The average Bonchev–Trinajstić information content (AvgIpc) is 2.92. The van der Waals surface area contributed by atoms with Gasteiger partial charge in [0.1, 0.15) is 23.7 Å². The number of urea groups is 1. The molecular formula is C31H25BrN2O5. The van der Waals surface area contributed by atoms with Crippen LogP contribution in [-0.2, 0) is 16.2 Å². The van der Waals surface area contributed by atoms with Crippen molar-refractivity contribution in [2.75, 3.05) is 12.0 Å². The van der Waals surface area contributed by atoms with E-state index in [1.54, 1.807) is 43.5 Å². The Bertz CT molecular complexity index is 1680. The first kappa shape index (κ1) is 26.2. The van der Waals surface area contributed by atoms with Crippen molar-refractivity contribution in [3.8, 4) is 11.5 Å². The van der Waals surface area contributed by atoms with Gasteiger partial charge in [0.25, 0.3) is 11.8 Å². The maximum absolute atomic E-state index is 13.5. The normalized spacial score (nSPS) is 14.6. The third-order valence-corrected chi connectivity index (χ3v) is 7.56. The number of fused-ring (bicyclic) bond motifs is 1. The number of nitrogens with zero attached hydrogens (tertiary/aromatic N) is 1. The van der Waals surface area contributed by atoms with Gasteiger partial charge in [-0.3, -0.25) is 14.9 Å². The van der Waals surface area contributed by atoms with Crippen LogP contribution in [0.1, 0.15) is 22.3 Å². The van der Waals surface area contributed by atoms with Crippen molar-refractivity contribution >= 4 is 56.3 Å². The van der Waals surface area contributed by atoms with Crippen LogP contribution in [-0.4, -0.2) is 25.0 Å². The molecule has 1 N–H and O–H groups in total. The molecule has 196 valence electrons. The lowest BCUT2D eigenvalue weighted by atomic mass is 10.0. The van der Waals surface area contributed by atoms with Gasteiger partial charge in [-0.1, -0.05) is 52.3 Å². The number of hydrogen-bond donors (Lipinski definition) is 1. The van der Waals surface area contributed by atoms with E-state index in [1.165, 1.54) is 6.08 Å². The van der Waals surface area contributed by atoms with E-state index < -0.39 is 17.8 Å². The predicted molar refractivity (Wildman–Crippen MR) is 154 cm³/mol. The zero-order valence-corrected chi connectivity index (χ0v) is 23.2. The molecule has 4 aromatic rings. The fraction of sp³-hybridized carbons (Fsp3) is 0.129. The Morgan fingerprint density at radius 1 is 0.923 bits per heavy atom. The van der Waals surface area contributed by atoms with E-state index in [-0.39, 0.29) is 12.2 Å². The van der Waals surface area contributed by atoms with Crippen LogP contribution in [0.4, 0.5) is 10.5 Å². The number of methoxy groups -OCH3 is 1. The zero-order valence-electron chi connectivity index (χ0n) is 21.6. The Hall–Kier alpha value is -4.43. The first-order valence-electron chi connectivity index (χ1n) is 12.2. The summed E-state index contributed by atoms with van der Waals surface area (Å²) in [6, 6.07) is 21.6. The Morgan fingerprint density at radius 3 is 2.49 bits per heavy atom. The third kappa shape index (κ3) is 5.15. The molecule has 1 saturated heterocycles. The maximum atomic E-state index is 13.5. The predicted octanol–water partition coefficient (Wildman–Crippen LogP) is 6.47. The number of benzene rings is 4. The summed E-state index contributed by atoms with van der Waals surface area (Å²) < 4.78 is 12.5. The fourth-order valence-corrected chi connectivity index (χ4v) is 4.73. The van der Waals surface area contributed by atoms with Gasteiger partial charge in [0, 0.05) is 21.7 Å². The van der Waals surface area contributed by atoms with Gasteiger partial charge >= 0.3 is 6.03 Å². The molecule has 8 heteroatoms. The number of carbonyl (C=O) groups excluding carboxylic acids is 3. The second kappa shape index (κ2) is 10.7. The molecular weight excluding hydrogens is 560 g/mol. The molecule has 4 amide bonds. The smallest absolute Gasteiger partial charge is 0.335 e. The lowest BCUT2D eigenvalue weighted by Crippen LogP contribution is -2.54. The lowest BCUT2D eigenvalue weighted by Gasteiger charge is -2.27. The van der Waals surface area contributed by atoms with E-state index in [0.29, 0.717) is 22.7 Å². The zero-order chi connectivity index (χ0) is 27.7. The van der Waals surface area contributed by atoms with E-state index in [9.17, 15) is 14.4 Å². The summed E-state index contributed by atoms with van der Waals surface area (Å²) in [5, 5.41) is 4.46. The van der Waals surface area contributed by atoms with Gasteiger partial charge in [-0.05, 0) is 72.2 Å². The van der Waals surface area contributed by atoms with Crippen LogP contribution >= 0.6 is 15.9 Å². The maximum Gasteiger partial charge on any atom is 0.335 e. The first-order chi connectivity index (χ1) is 18.8. The Morgan fingerprint density at radius 2 is 1.72 bits per heavy atom. The van der Waals surface area contributed by atoms with Gasteiger partial charge in [0.05, 0.1) is 12.8 Å². The molecule has 0 aromatic heterocycles. The highest BCUT2D eigenvalue weighted by Gasteiger charge is 2.37. The number of carbonyl (C=O) groups is 3. The Balaban J connectivity index is 1.52. The number of aryl methyl sites for hydroxylation is 2. The molecule has 1 fully saturated rings. The van der Waals surface area contributed by atoms with Crippen LogP contribution in [0.3, 0.4) is 0 Å². The van der Waals surface area contributed by atoms with E-state index >= 15 is 0 Å². The average molecular weight is 585 g/mol. The summed E-state index contributed by atoms with van der Waals surface area (Å²) in [5.41, 5.74) is 3.61. The van der Waals surface area contributed by atoms with Crippen molar-refractivity contribution < 1.29 is 23.9 Å². The quantitative estimate of drug-likeness (QED) is 0.207. The van der Waals surface area contributed by atoms with Gasteiger partial charge in [-0.15, -0.1) is 0 Å². The fourth-order valence-electron chi connectivity index (χ4n) is 4.49. The van der Waals surface area contributed by atoms with Crippen molar-refractivity contribution in [2.45, 2.75) is 20.5 Å². The third-order valence-electron chi connectivity index (χ3n) is 6.67. The molecule has 39 heavy (non-hydrogen) atoms. The Kier molecular flexibility index (Phi) is 7.21. The van der Waals surface area contributed by atoms with Crippen LogP contribution in [0.5, 0.6) is 11.5 Å². The van der Waals surface area contributed by atoms with Crippen molar-refractivity contribution in [1.82, 2.24) is 5.32 Å². The van der Waals surface area contributed by atoms with Crippen LogP contribution < -0.4 is 19.7 Å². The minimum absolute atomic E-state index is 0.188. The van der Waals surface area contributed by atoms with E-state index in [1.807, 2.05) is 32.0 Å². The van der Waals surface area contributed by atoms with Gasteiger partial charge in [0.2, 0.25) is 0 Å². The summed E-state index contributed by atoms with van der Waals surface area (Å²) in [4.78, 5) is 39.9. The number of hydrogen-bond acceptors (Lipinski definition) is 5. The monoisotopic (exact) mass is 584 g/mol. The highest BCUT2D eigenvalue weighted by molar-refractivity contribution is 9.10. The molecule has 0 unspecified atom stereocenters. The summed E-state index contributed by atoms with van der Waals surface area (Å²) >= 11 is 3.42. The first-order valence-corrected chi connectivity index (χ1v) is 13.0. The number of barbiturate groups is 1. The standard InChI is InChI=1S/C31H25BrN2O5/c1-18-8-9-20-6-4-5-7-24(20)26(18)17-39-28-16-23(38-3)12-10-21(28)15-25-29(35)33-31(37)34(30(25)36)22-11-13-27(32)19(2)14-22/h4-16H,17H2,1-3H3,(H,33,35,37)/b25-15-. The lowest BCUT2D eigenvalue weighted by molar-refractivity contribution is -0.122. The molecule has 0 aliphatic carbocycles. The molecule has 1 heterocycles. The molecule has 0 bridgehead atoms. The molecule has 1 aliphatic rings. The van der Waals surface area contributed by atoms with Gasteiger partial charge in [0.15, 0.2) is 0 Å². The highest BCUT2D eigenvalue weighted by atomic mass is 79.9. The van der Waals surface area contributed by atoms with Crippen LogP contribution in [0, 0.1) is 13.8 Å². The second-order valence-electron chi connectivity index (χ2n) is 9.17. The summed E-state index contributed by atoms with van der Waals surface area (Å²) in [7, 11) is 1.55. The number of imide groups is 2. The Labute approximate surface area is 234 Å². The second-order valence-corrected chi connectivity index (χ2v) is 10.0. The SMILES string of the molecule is COc1ccc(/C=C2/C(=O)NC(=O)N(c3ccc(Br)c(C)c3)C2=O)c(OCc2c(C)ccc3ccccc23)c1. The largest absolute Gasteiger partial charge is 0.497 e. The summed E-state index contributed by atoms with van der Waals surface area (Å²) in [6.45, 7) is 4.14. The molecule has 0 spiro atoms. The van der Waals surface area contributed by atoms with E-state index in [0.717, 1.165) is 36.8 Å². The minimum atomic E-state index is -0.804. The molecule has 0 radical (unpaired) electrons. The van der Waals surface area contributed by atoms with Crippen LogP contribution in [0.25, 0.3) is 16.8 Å². The van der Waals surface area contributed by atoms with Crippen LogP contribution in [0.2, 0.25) is 0 Å². The topological polar surface area (TPSA) is 84.9 Å². The molecule has 5 rings (SSSR count). The molecule has 0 atom stereocenters. The van der Waals surface area contributed by atoms with Crippen LogP contribution in [0.15, 0.2) is 82.8 Å². The number of nitrogens with one attached hydrogen (secondary N) is 1.